The summed E-state index contributed by atoms with van der Waals surface area (Å²) in [5, 5.41) is 6.45. The van der Waals surface area contributed by atoms with Crippen LogP contribution in [0.1, 0.15) is 34.1 Å². The van der Waals surface area contributed by atoms with Crippen LogP contribution in [0.3, 0.4) is 0 Å². The summed E-state index contributed by atoms with van der Waals surface area (Å²) >= 11 is 0. The van der Waals surface area contributed by atoms with Gasteiger partial charge in [0.2, 0.25) is 11.9 Å². The number of hydrogen-bond donors (Lipinski definition) is 2. The largest absolute Gasteiger partial charge is 0.461 e. The van der Waals surface area contributed by atoms with Crippen molar-refractivity contribution in [3.8, 4) is 6.01 Å². The summed E-state index contributed by atoms with van der Waals surface area (Å²) < 4.78 is 5.59. The summed E-state index contributed by atoms with van der Waals surface area (Å²) in [6.45, 7) is 9.79. The van der Waals surface area contributed by atoms with Gasteiger partial charge in [0.15, 0.2) is 0 Å². The average molecular weight is 296 g/mol. The van der Waals surface area contributed by atoms with Gasteiger partial charge < -0.3 is 20.3 Å². The molecule has 1 aromatic rings. The van der Waals surface area contributed by atoms with Gasteiger partial charge in [0.1, 0.15) is 0 Å². The van der Waals surface area contributed by atoms with Crippen LogP contribution in [-0.2, 0) is 0 Å². The molecule has 0 aromatic carbocycles. The molecule has 0 spiro atoms. The minimum absolute atomic E-state index is 0.0264. The van der Waals surface area contributed by atoms with Crippen molar-refractivity contribution in [2.75, 3.05) is 37.8 Å². The van der Waals surface area contributed by atoms with Crippen molar-refractivity contribution in [1.82, 2.24) is 19.9 Å². The maximum atomic E-state index is 5.59. The number of nitrogens with one attached hydrogen (secondary N) is 2. The summed E-state index contributed by atoms with van der Waals surface area (Å²) in [5.41, 5.74) is 0. The van der Waals surface area contributed by atoms with Crippen LogP contribution in [0.5, 0.6) is 6.01 Å². The zero-order valence-corrected chi connectivity index (χ0v) is 14.0. The molecule has 0 aliphatic carbocycles. The normalized spacial score (nSPS) is 12.6. The second kappa shape index (κ2) is 8.61. The Bertz CT molecular complexity index is 424. The summed E-state index contributed by atoms with van der Waals surface area (Å²) in [4.78, 5) is 15.1. The predicted molar refractivity (Wildman–Crippen MR) is 86.0 cm³/mol. The van der Waals surface area contributed by atoms with Crippen molar-refractivity contribution in [3.05, 3.63) is 0 Å². The molecule has 7 nitrogen and oxygen atoms in total. The zero-order valence-electron chi connectivity index (χ0n) is 14.0. The van der Waals surface area contributed by atoms with E-state index in [0.717, 1.165) is 19.5 Å². The highest BCUT2D eigenvalue weighted by Crippen LogP contribution is 2.13. The van der Waals surface area contributed by atoms with Crippen LogP contribution >= 0.6 is 0 Å². The molecule has 0 fully saturated rings. The molecule has 2 N–H and O–H groups in total. The Kier molecular flexibility index (Phi) is 7.14. The fourth-order valence-electron chi connectivity index (χ4n) is 1.81. The van der Waals surface area contributed by atoms with Crippen LogP contribution in [0.25, 0.3) is 0 Å². The zero-order chi connectivity index (χ0) is 15.8. The Labute approximate surface area is 127 Å². The third kappa shape index (κ3) is 7.08. The lowest BCUT2D eigenvalue weighted by molar-refractivity contribution is 0.222. The second-order valence-corrected chi connectivity index (χ2v) is 5.67. The van der Waals surface area contributed by atoms with E-state index in [1.807, 2.05) is 27.9 Å². The SMILES string of the molecule is CCCNc1nc(NC(C)CN(C)C)nc(OC(C)C)n1. The first-order valence-electron chi connectivity index (χ1n) is 7.48. The number of likely N-dealkylation sites (N-methyl/N-ethyl adjacent to an activating group) is 1. The Morgan fingerprint density at radius 1 is 1.10 bits per heavy atom. The molecule has 0 radical (unpaired) electrons. The number of anilines is 2. The first-order chi connectivity index (χ1) is 9.90. The van der Waals surface area contributed by atoms with Gasteiger partial charge in [-0.05, 0) is 41.3 Å². The molecule has 120 valence electrons. The molecule has 1 aromatic heterocycles. The van der Waals surface area contributed by atoms with Crippen LogP contribution in [0.4, 0.5) is 11.9 Å². The lowest BCUT2D eigenvalue weighted by Crippen LogP contribution is -2.30. The molecule has 0 amide bonds. The highest BCUT2D eigenvalue weighted by molar-refractivity contribution is 5.36. The van der Waals surface area contributed by atoms with E-state index in [1.54, 1.807) is 0 Å². The Balaban J connectivity index is 2.84. The van der Waals surface area contributed by atoms with Gasteiger partial charge in [0.05, 0.1) is 6.10 Å². The van der Waals surface area contributed by atoms with Crippen molar-refractivity contribution in [3.63, 3.8) is 0 Å². The molecule has 1 atom stereocenters. The van der Waals surface area contributed by atoms with E-state index >= 15 is 0 Å². The molecular weight excluding hydrogens is 268 g/mol. The fraction of sp³-hybridized carbons (Fsp3) is 0.786. The molecule has 0 saturated heterocycles. The van der Waals surface area contributed by atoms with E-state index in [2.05, 4.69) is 44.3 Å². The Hall–Kier alpha value is -1.63. The summed E-state index contributed by atoms with van der Waals surface area (Å²) in [6.07, 6.45) is 1.03. The molecule has 21 heavy (non-hydrogen) atoms. The number of aromatic nitrogens is 3. The summed E-state index contributed by atoms with van der Waals surface area (Å²) in [7, 11) is 4.07. The minimum Gasteiger partial charge on any atom is -0.461 e. The lowest BCUT2D eigenvalue weighted by atomic mass is 10.3. The van der Waals surface area contributed by atoms with Crippen molar-refractivity contribution >= 4 is 11.9 Å². The molecule has 0 aliphatic rings. The average Bonchev–Trinajstić information content (AvgIpc) is 2.34. The molecule has 0 bridgehead atoms. The molecule has 1 unspecified atom stereocenters. The molecule has 0 saturated carbocycles. The van der Waals surface area contributed by atoms with Gasteiger partial charge in [-0.15, -0.1) is 0 Å². The van der Waals surface area contributed by atoms with Gasteiger partial charge in [0, 0.05) is 19.1 Å². The van der Waals surface area contributed by atoms with Crippen LogP contribution in [0.15, 0.2) is 0 Å². The van der Waals surface area contributed by atoms with Gasteiger partial charge in [-0.1, -0.05) is 6.92 Å². The molecule has 7 heteroatoms. The van der Waals surface area contributed by atoms with Gasteiger partial charge in [0.25, 0.3) is 0 Å². The van der Waals surface area contributed by atoms with E-state index in [4.69, 9.17) is 4.74 Å². The predicted octanol–water partition coefficient (Wildman–Crippen LogP) is 1.84. The Morgan fingerprint density at radius 3 is 2.33 bits per heavy atom. The fourth-order valence-corrected chi connectivity index (χ4v) is 1.81. The quantitative estimate of drug-likeness (QED) is 0.720. The van der Waals surface area contributed by atoms with E-state index in [1.165, 1.54) is 0 Å². The van der Waals surface area contributed by atoms with Gasteiger partial charge in [-0.25, -0.2) is 0 Å². The smallest absolute Gasteiger partial charge is 0.323 e. The third-order valence-electron chi connectivity index (χ3n) is 2.50. The second-order valence-electron chi connectivity index (χ2n) is 5.67. The van der Waals surface area contributed by atoms with Crippen molar-refractivity contribution in [2.45, 2.75) is 46.3 Å². The van der Waals surface area contributed by atoms with Crippen molar-refractivity contribution in [2.24, 2.45) is 0 Å². The lowest BCUT2D eigenvalue weighted by Gasteiger charge is -2.19. The molecule has 1 rings (SSSR count). The van der Waals surface area contributed by atoms with E-state index < -0.39 is 0 Å². The van der Waals surface area contributed by atoms with Gasteiger partial charge in [-0.3, -0.25) is 0 Å². The van der Waals surface area contributed by atoms with E-state index in [9.17, 15) is 0 Å². The third-order valence-corrected chi connectivity index (χ3v) is 2.50. The standard InChI is InChI=1S/C14H28N6O/c1-7-8-15-12-17-13(16-11(4)9-20(5)6)19-14(18-12)21-10(2)3/h10-11H,7-9H2,1-6H3,(H2,15,16,17,18,19). The summed E-state index contributed by atoms with van der Waals surface area (Å²) in [6, 6.07) is 0.575. The van der Waals surface area contributed by atoms with Crippen LogP contribution < -0.4 is 15.4 Å². The summed E-state index contributed by atoms with van der Waals surface area (Å²) in [5.74, 6) is 1.08. The number of hydrogen-bond acceptors (Lipinski definition) is 7. The monoisotopic (exact) mass is 296 g/mol. The van der Waals surface area contributed by atoms with Crippen LogP contribution in [-0.4, -0.2) is 59.2 Å². The number of nitrogens with zero attached hydrogens (tertiary/aromatic N) is 4. The molecule has 0 aliphatic heterocycles. The van der Waals surface area contributed by atoms with Crippen LogP contribution in [0.2, 0.25) is 0 Å². The number of ether oxygens (including phenoxy) is 1. The minimum atomic E-state index is 0.0264. The van der Waals surface area contributed by atoms with E-state index in [-0.39, 0.29) is 12.1 Å². The van der Waals surface area contributed by atoms with Gasteiger partial charge in [-0.2, -0.15) is 15.0 Å². The first kappa shape index (κ1) is 17.4. The van der Waals surface area contributed by atoms with Crippen LogP contribution in [0, 0.1) is 0 Å². The van der Waals surface area contributed by atoms with Crippen molar-refractivity contribution in [1.29, 1.82) is 0 Å². The maximum absolute atomic E-state index is 5.59. The van der Waals surface area contributed by atoms with Crippen molar-refractivity contribution < 1.29 is 4.74 Å². The Morgan fingerprint density at radius 2 is 1.76 bits per heavy atom. The number of rotatable bonds is 9. The van der Waals surface area contributed by atoms with E-state index in [0.29, 0.717) is 17.9 Å². The highest BCUT2D eigenvalue weighted by atomic mass is 16.5. The van der Waals surface area contributed by atoms with Gasteiger partial charge >= 0.3 is 6.01 Å². The topological polar surface area (TPSA) is 75.2 Å². The molecular formula is C14H28N6O. The first-order valence-corrected chi connectivity index (χ1v) is 7.48. The highest BCUT2D eigenvalue weighted by Gasteiger charge is 2.11. The maximum Gasteiger partial charge on any atom is 0.323 e. The molecule has 1 heterocycles.